The summed E-state index contributed by atoms with van der Waals surface area (Å²) in [6.07, 6.45) is 1.55. The Morgan fingerprint density at radius 2 is 1.60 bits per heavy atom. The van der Waals surface area contributed by atoms with Gasteiger partial charge in [0.05, 0.1) is 0 Å². The second-order valence-corrected chi connectivity index (χ2v) is 5.22. The van der Waals surface area contributed by atoms with E-state index in [9.17, 15) is 0 Å². The first kappa shape index (κ1) is 12.9. The highest BCUT2D eigenvalue weighted by Gasteiger charge is 2.00. The highest BCUT2D eigenvalue weighted by molar-refractivity contribution is 9.10. The number of aromatic amines is 1. The van der Waals surface area contributed by atoms with Crippen LogP contribution in [0, 0.1) is 0 Å². The lowest BCUT2D eigenvalue weighted by Gasteiger charge is -2.05. The lowest BCUT2D eigenvalue weighted by Crippen LogP contribution is -1.95. The van der Waals surface area contributed by atoms with E-state index in [1.165, 1.54) is 11.1 Å². The summed E-state index contributed by atoms with van der Waals surface area (Å²) in [7, 11) is 0. The number of rotatable bonds is 4. The van der Waals surface area contributed by atoms with Crippen molar-refractivity contribution in [2.75, 3.05) is 0 Å². The van der Waals surface area contributed by atoms with Crippen molar-refractivity contribution in [1.29, 1.82) is 0 Å². The third kappa shape index (κ3) is 3.05. The standard InChI is InChI=1S/C15H12BrN3O/c16-14-7-5-13(6-8-14)12-3-1-11(2-4-12)10-20-15-9-17-19-18-15/h1-9H,10H2,(H,17,18,19). The molecule has 0 unspecified atom stereocenters. The number of hydrogen-bond donors (Lipinski definition) is 1. The second-order valence-electron chi connectivity index (χ2n) is 4.30. The molecular weight excluding hydrogens is 318 g/mol. The Bertz CT molecular complexity index is 663. The topological polar surface area (TPSA) is 50.8 Å². The fraction of sp³-hybridized carbons (Fsp3) is 0.0667. The van der Waals surface area contributed by atoms with Crippen LogP contribution >= 0.6 is 15.9 Å². The molecule has 20 heavy (non-hydrogen) atoms. The molecule has 0 bridgehead atoms. The van der Waals surface area contributed by atoms with Crippen molar-refractivity contribution in [2.45, 2.75) is 6.61 Å². The Morgan fingerprint density at radius 3 is 2.20 bits per heavy atom. The van der Waals surface area contributed by atoms with Crippen LogP contribution < -0.4 is 4.74 Å². The van der Waals surface area contributed by atoms with Gasteiger partial charge in [-0.1, -0.05) is 52.3 Å². The molecule has 1 aromatic heterocycles. The minimum atomic E-state index is 0.479. The van der Waals surface area contributed by atoms with Crippen LogP contribution in [0.3, 0.4) is 0 Å². The molecule has 0 spiro atoms. The molecule has 4 nitrogen and oxygen atoms in total. The maximum absolute atomic E-state index is 5.48. The summed E-state index contributed by atoms with van der Waals surface area (Å²) in [5.74, 6) is 0.502. The van der Waals surface area contributed by atoms with Gasteiger partial charge in [0.1, 0.15) is 12.8 Å². The summed E-state index contributed by atoms with van der Waals surface area (Å²) < 4.78 is 6.56. The molecule has 3 rings (SSSR count). The molecule has 0 radical (unpaired) electrons. The van der Waals surface area contributed by atoms with Crippen LogP contribution in [0.5, 0.6) is 5.88 Å². The zero-order valence-electron chi connectivity index (χ0n) is 10.6. The van der Waals surface area contributed by atoms with Gasteiger partial charge < -0.3 is 4.74 Å². The minimum Gasteiger partial charge on any atom is -0.471 e. The number of ether oxygens (including phenoxy) is 1. The molecule has 0 amide bonds. The number of nitrogens with zero attached hydrogens (tertiary/aromatic N) is 2. The van der Waals surface area contributed by atoms with Crippen molar-refractivity contribution in [3.63, 3.8) is 0 Å². The van der Waals surface area contributed by atoms with Crippen molar-refractivity contribution < 1.29 is 4.74 Å². The molecule has 0 aliphatic rings. The zero-order chi connectivity index (χ0) is 13.8. The first-order valence-corrected chi connectivity index (χ1v) is 6.94. The van der Waals surface area contributed by atoms with Crippen LogP contribution in [-0.4, -0.2) is 15.4 Å². The first-order valence-electron chi connectivity index (χ1n) is 6.15. The minimum absolute atomic E-state index is 0.479. The Morgan fingerprint density at radius 1 is 0.950 bits per heavy atom. The highest BCUT2D eigenvalue weighted by Crippen LogP contribution is 2.22. The normalized spacial score (nSPS) is 10.4. The molecule has 3 aromatic rings. The number of H-pyrrole nitrogens is 1. The number of halogens is 1. The molecule has 0 aliphatic carbocycles. The van der Waals surface area contributed by atoms with Crippen molar-refractivity contribution in [2.24, 2.45) is 0 Å². The van der Waals surface area contributed by atoms with E-state index in [4.69, 9.17) is 4.74 Å². The SMILES string of the molecule is Brc1ccc(-c2ccc(COc3cn[nH]n3)cc2)cc1. The predicted molar refractivity (Wildman–Crippen MR) is 80.3 cm³/mol. The molecule has 1 N–H and O–H groups in total. The van der Waals surface area contributed by atoms with Crippen LogP contribution in [0.4, 0.5) is 0 Å². The van der Waals surface area contributed by atoms with E-state index in [2.05, 4.69) is 67.7 Å². The summed E-state index contributed by atoms with van der Waals surface area (Å²) in [6.45, 7) is 0.479. The van der Waals surface area contributed by atoms with E-state index in [0.717, 1.165) is 10.0 Å². The largest absolute Gasteiger partial charge is 0.471 e. The number of aromatic nitrogens is 3. The van der Waals surface area contributed by atoms with E-state index >= 15 is 0 Å². The Hall–Kier alpha value is -2.14. The first-order chi connectivity index (χ1) is 9.81. The average molecular weight is 330 g/mol. The third-order valence-corrected chi connectivity index (χ3v) is 3.44. The molecule has 100 valence electrons. The van der Waals surface area contributed by atoms with Gasteiger partial charge in [-0.25, -0.2) is 0 Å². The van der Waals surface area contributed by atoms with E-state index in [-0.39, 0.29) is 0 Å². The predicted octanol–water partition coefficient (Wildman–Crippen LogP) is 3.81. The highest BCUT2D eigenvalue weighted by atomic mass is 79.9. The van der Waals surface area contributed by atoms with Gasteiger partial charge >= 0.3 is 0 Å². The van der Waals surface area contributed by atoms with Gasteiger partial charge in [-0.2, -0.15) is 10.3 Å². The van der Waals surface area contributed by atoms with Gasteiger partial charge in [-0.3, -0.25) is 0 Å². The maximum atomic E-state index is 5.48. The van der Waals surface area contributed by atoms with Gasteiger partial charge in [-0.15, -0.1) is 5.10 Å². The van der Waals surface area contributed by atoms with Gasteiger partial charge in [-0.05, 0) is 28.8 Å². The van der Waals surface area contributed by atoms with Crippen LogP contribution in [-0.2, 0) is 6.61 Å². The fourth-order valence-electron chi connectivity index (χ4n) is 1.85. The zero-order valence-corrected chi connectivity index (χ0v) is 12.2. The van der Waals surface area contributed by atoms with E-state index in [1.54, 1.807) is 6.20 Å². The van der Waals surface area contributed by atoms with Gasteiger partial charge in [0.25, 0.3) is 5.88 Å². The summed E-state index contributed by atoms with van der Waals surface area (Å²) in [5, 5.41) is 10.0. The molecule has 0 saturated heterocycles. The Kier molecular flexibility index (Phi) is 3.78. The second kappa shape index (κ2) is 5.88. The molecule has 2 aromatic carbocycles. The van der Waals surface area contributed by atoms with Crippen LogP contribution in [0.1, 0.15) is 5.56 Å². The smallest absolute Gasteiger partial charge is 0.253 e. The van der Waals surface area contributed by atoms with E-state index < -0.39 is 0 Å². The Balaban J connectivity index is 1.69. The fourth-order valence-corrected chi connectivity index (χ4v) is 2.12. The number of nitrogens with one attached hydrogen (secondary N) is 1. The molecule has 5 heteroatoms. The van der Waals surface area contributed by atoms with Gasteiger partial charge in [0, 0.05) is 4.47 Å². The quantitative estimate of drug-likeness (QED) is 0.791. The molecule has 0 atom stereocenters. The summed E-state index contributed by atoms with van der Waals surface area (Å²) in [5.41, 5.74) is 3.47. The van der Waals surface area contributed by atoms with Gasteiger partial charge in [0.2, 0.25) is 0 Å². The van der Waals surface area contributed by atoms with E-state index in [1.807, 2.05) is 12.1 Å². The molecular formula is C15H12BrN3O. The number of benzene rings is 2. The van der Waals surface area contributed by atoms with E-state index in [0.29, 0.717) is 12.5 Å². The van der Waals surface area contributed by atoms with Crippen molar-refractivity contribution >= 4 is 15.9 Å². The van der Waals surface area contributed by atoms with Crippen molar-refractivity contribution in [3.8, 4) is 17.0 Å². The lowest BCUT2D eigenvalue weighted by atomic mass is 10.0. The summed E-state index contributed by atoms with van der Waals surface area (Å²) in [6, 6.07) is 16.5. The number of hydrogen-bond acceptors (Lipinski definition) is 3. The molecule has 0 saturated carbocycles. The molecule has 1 heterocycles. The molecule has 0 fully saturated rings. The van der Waals surface area contributed by atoms with Gasteiger partial charge in [0.15, 0.2) is 0 Å². The Labute approximate surface area is 124 Å². The molecule has 0 aliphatic heterocycles. The maximum Gasteiger partial charge on any atom is 0.253 e. The average Bonchev–Trinajstić information content (AvgIpc) is 3.00. The van der Waals surface area contributed by atoms with Crippen molar-refractivity contribution in [1.82, 2.24) is 15.4 Å². The van der Waals surface area contributed by atoms with Crippen LogP contribution in [0.2, 0.25) is 0 Å². The van der Waals surface area contributed by atoms with Crippen LogP contribution in [0.15, 0.2) is 59.2 Å². The monoisotopic (exact) mass is 329 g/mol. The van der Waals surface area contributed by atoms with Crippen molar-refractivity contribution in [3.05, 3.63) is 64.8 Å². The summed E-state index contributed by atoms with van der Waals surface area (Å²) >= 11 is 3.44. The lowest BCUT2D eigenvalue weighted by molar-refractivity contribution is 0.293. The summed E-state index contributed by atoms with van der Waals surface area (Å²) in [4.78, 5) is 0. The van der Waals surface area contributed by atoms with Crippen LogP contribution in [0.25, 0.3) is 11.1 Å². The third-order valence-electron chi connectivity index (χ3n) is 2.91.